The van der Waals surface area contributed by atoms with E-state index >= 15 is 0 Å². The van der Waals surface area contributed by atoms with Gasteiger partial charge in [0.2, 0.25) is 10.0 Å². The molecule has 0 spiro atoms. The Bertz CT molecular complexity index is 649. The van der Waals surface area contributed by atoms with Gasteiger partial charge in [0, 0.05) is 13.1 Å². The quantitative estimate of drug-likeness (QED) is 0.821. The second-order valence-corrected chi connectivity index (χ2v) is 6.68. The summed E-state index contributed by atoms with van der Waals surface area (Å²) in [4.78, 5) is 10.9. The highest BCUT2D eigenvalue weighted by Gasteiger charge is 2.26. The van der Waals surface area contributed by atoms with E-state index in [1.54, 1.807) is 31.2 Å². The average Bonchev–Trinajstić information content (AvgIpc) is 2.44. The van der Waals surface area contributed by atoms with Crippen LogP contribution in [-0.2, 0) is 20.6 Å². The molecule has 1 N–H and O–H groups in total. The fourth-order valence-electron chi connectivity index (χ4n) is 1.87. The summed E-state index contributed by atoms with van der Waals surface area (Å²) in [7, 11) is -3.67. The van der Waals surface area contributed by atoms with Crippen LogP contribution in [0.25, 0.3) is 0 Å². The van der Waals surface area contributed by atoms with Crippen LogP contribution < -0.4 is 0 Å². The topological polar surface area (TPSA) is 98.5 Å². The Morgan fingerprint density at radius 3 is 2.57 bits per heavy atom. The molecule has 0 aliphatic carbocycles. The van der Waals surface area contributed by atoms with Crippen LogP contribution in [0.4, 0.5) is 0 Å². The lowest BCUT2D eigenvalue weighted by atomic mass is 10.1. The van der Waals surface area contributed by atoms with Crippen molar-refractivity contribution in [1.82, 2.24) is 4.31 Å². The fraction of sp³-hybridized carbons (Fsp3) is 0.429. The summed E-state index contributed by atoms with van der Waals surface area (Å²) in [5, 5.41) is 17.9. The van der Waals surface area contributed by atoms with Gasteiger partial charge in [-0.3, -0.25) is 4.79 Å². The summed E-state index contributed by atoms with van der Waals surface area (Å²) in [5.74, 6) is -2.14. The predicted molar refractivity (Wildman–Crippen MR) is 77.8 cm³/mol. The van der Waals surface area contributed by atoms with E-state index in [0.29, 0.717) is 11.1 Å². The van der Waals surface area contributed by atoms with Crippen molar-refractivity contribution in [3.05, 3.63) is 35.4 Å². The summed E-state index contributed by atoms with van der Waals surface area (Å²) in [5.41, 5.74) is 0.727. The van der Waals surface area contributed by atoms with Crippen molar-refractivity contribution in [2.75, 3.05) is 13.1 Å². The molecule has 0 fully saturated rings. The van der Waals surface area contributed by atoms with Crippen molar-refractivity contribution in [3.8, 4) is 6.07 Å². The second kappa shape index (κ2) is 7.20. The first-order valence-electron chi connectivity index (χ1n) is 6.50. The molecule has 0 radical (unpaired) electrons. The van der Waals surface area contributed by atoms with E-state index in [1.165, 1.54) is 6.92 Å². The summed E-state index contributed by atoms with van der Waals surface area (Å²) >= 11 is 0. The normalized spacial score (nSPS) is 12.9. The highest BCUT2D eigenvalue weighted by Crippen LogP contribution is 2.16. The number of aliphatic carboxylic acids is 1. The first-order valence-corrected chi connectivity index (χ1v) is 8.11. The minimum atomic E-state index is -3.67. The van der Waals surface area contributed by atoms with Gasteiger partial charge in [0.15, 0.2) is 0 Å². The molecule has 1 rings (SSSR count). The molecule has 21 heavy (non-hydrogen) atoms. The molecular weight excluding hydrogens is 292 g/mol. The molecule has 0 heterocycles. The maximum absolute atomic E-state index is 12.4. The van der Waals surface area contributed by atoms with Crippen molar-refractivity contribution in [3.63, 3.8) is 0 Å². The van der Waals surface area contributed by atoms with Crippen LogP contribution in [0.3, 0.4) is 0 Å². The van der Waals surface area contributed by atoms with E-state index in [-0.39, 0.29) is 18.8 Å². The third kappa shape index (κ3) is 4.55. The smallest absolute Gasteiger partial charge is 0.307 e. The standard InChI is InChI=1S/C14H18N2O4S/c1-3-16(9-11(2)14(17)18)21(19,20)10-13-7-5-4-6-12(13)8-15/h4-7,11H,3,9-10H2,1-2H3,(H,17,18). The third-order valence-electron chi connectivity index (χ3n) is 3.12. The molecule has 6 nitrogen and oxygen atoms in total. The molecule has 1 aromatic rings. The zero-order chi connectivity index (χ0) is 16.0. The molecule has 0 amide bonds. The SMILES string of the molecule is CCN(CC(C)C(=O)O)S(=O)(=O)Cc1ccccc1C#N. The molecule has 1 unspecified atom stereocenters. The summed E-state index contributed by atoms with van der Waals surface area (Å²) < 4.78 is 25.9. The number of nitriles is 1. The highest BCUT2D eigenvalue weighted by molar-refractivity contribution is 7.88. The zero-order valence-corrected chi connectivity index (χ0v) is 12.8. The molecule has 0 saturated carbocycles. The first kappa shape index (κ1) is 17.1. The molecule has 0 aliphatic heterocycles. The van der Waals surface area contributed by atoms with Crippen LogP contribution in [0, 0.1) is 17.2 Å². The van der Waals surface area contributed by atoms with Crippen molar-refractivity contribution >= 4 is 16.0 Å². The van der Waals surface area contributed by atoms with E-state index < -0.39 is 21.9 Å². The minimum Gasteiger partial charge on any atom is -0.481 e. The van der Waals surface area contributed by atoms with Gasteiger partial charge in [0.25, 0.3) is 0 Å². The Morgan fingerprint density at radius 1 is 1.43 bits per heavy atom. The van der Waals surface area contributed by atoms with E-state index in [4.69, 9.17) is 10.4 Å². The monoisotopic (exact) mass is 310 g/mol. The Hall–Kier alpha value is -1.91. The van der Waals surface area contributed by atoms with Crippen molar-refractivity contribution < 1.29 is 18.3 Å². The van der Waals surface area contributed by atoms with Crippen LogP contribution >= 0.6 is 0 Å². The third-order valence-corrected chi connectivity index (χ3v) is 4.99. The largest absolute Gasteiger partial charge is 0.481 e. The number of carbonyl (C=O) groups is 1. The van der Waals surface area contributed by atoms with Crippen molar-refractivity contribution in [1.29, 1.82) is 5.26 Å². The Balaban J connectivity index is 2.98. The van der Waals surface area contributed by atoms with Crippen LogP contribution in [0.5, 0.6) is 0 Å². The number of hydrogen-bond acceptors (Lipinski definition) is 4. The molecular formula is C14H18N2O4S. The van der Waals surface area contributed by atoms with Gasteiger partial charge in [-0.2, -0.15) is 5.26 Å². The second-order valence-electron chi connectivity index (χ2n) is 4.72. The summed E-state index contributed by atoms with van der Waals surface area (Å²) in [6.07, 6.45) is 0. The highest BCUT2D eigenvalue weighted by atomic mass is 32.2. The number of sulfonamides is 1. The van der Waals surface area contributed by atoms with Crippen LogP contribution in [0.15, 0.2) is 24.3 Å². The molecule has 0 aliphatic rings. The summed E-state index contributed by atoms with van der Waals surface area (Å²) in [6.45, 7) is 3.23. The van der Waals surface area contributed by atoms with E-state index in [2.05, 4.69) is 0 Å². The number of hydrogen-bond donors (Lipinski definition) is 1. The molecule has 114 valence electrons. The lowest BCUT2D eigenvalue weighted by Gasteiger charge is -2.22. The maximum Gasteiger partial charge on any atom is 0.307 e. The number of rotatable bonds is 7. The van der Waals surface area contributed by atoms with Crippen LogP contribution in [-0.4, -0.2) is 36.9 Å². The first-order chi connectivity index (χ1) is 9.81. The Kier molecular flexibility index (Phi) is 5.88. The number of carboxylic acids is 1. The molecule has 0 saturated heterocycles. The van der Waals surface area contributed by atoms with Gasteiger partial charge in [-0.05, 0) is 11.6 Å². The van der Waals surface area contributed by atoms with E-state index in [9.17, 15) is 13.2 Å². The van der Waals surface area contributed by atoms with Gasteiger partial charge < -0.3 is 5.11 Å². The Labute approximate surface area is 124 Å². The molecule has 7 heteroatoms. The summed E-state index contributed by atoms with van der Waals surface area (Å²) in [6, 6.07) is 8.44. The minimum absolute atomic E-state index is 0.0805. The van der Waals surface area contributed by atoms with Gasteiger partial charge in [-0.1, -0.05) is 32.0 Å². The maximum atomic E-state index is 12.4. The van der Waals surface area contributed by atoms with Crippen LogP contribution in [0.1, 0.15) is 25.0 Å². The zero-order valence-electron chi connectivity index (χ0n) is 12.0. The molecule has 0 aromatic heterocycles. The molecule has 0 bridgehead atoms. The van der Waals surface area contributed by atoms with Gasteiger partial charge in [0.1, 0.15) is 0 Å². The molecule has 1 aromatic carbocycles. The predicted octanol–water partition coefficient (Wildman–Crippen LogP) is 1.43. The average molecular weight is 310 g/mol. The number of benzene rings is 1. The van der Waals surface area contributed by atoms with E-state index in [1.807, 2.05) is 6.07 Å². The van der Waals surface area contributed by atoms with Gasteiger partial charge >= 0.3 is 5.97 Å². The van der Waals surface area contributed by atoms with Gasteiger partial charge in [-0.25, -0.2) is 12.7 Å². The Morgan fingerprint density at radius 2 is 2.05 bits per heavy atom. The van der Waals surface area contributed by atoms with Crippen molar-refractivity contribution in [2.24, 2.45) is 5.92 Å². The lowest BCUT2D eigenvalue weighted by molar-refractivity contribution is -0.141. The number of carboxylic acid groups (broad SMARTS) is 1. The fourth-order valence-corrected chi connectivity index (χ4v) is 3.54. The lowest BCUT2D eigenvalue weighted by Crippen LogP contribution is -2.37. The van der Waals surface area contributed by atoms with Crippen LogP contribution in [0.2, 0.25) is 0 Å². The van der Waals surface area contributed by atoms with Crippen molar-refractivity contribution in [2.45, 2.75) is 19.6 Å². The van der Waals surface area contributed by atoms with Gasteiger partial charge in [-0.15, -0.1) is 0 Å². The van der Waals surface area contributed by atoms with Gasteiger partial charge in [0.05, 0.1) is 23.3 Å². The number of nitrogens with zero attached hydrogens (tertiary/aromatic N) is 2. The molecule has 1 atom stereocenters. The van der Waals surface area contributed by atoms with E-state index in [0.717, 1.165) is 4.31 Å².